The molecule has 1 atom stereocenters. The Kier molecular flexibility index (Phi) is 8.77. The van der Waals surface area contributed by atoms with Crippen molar-refractivity contribution in [2.45, 2.75) is 32.4 Å². The second kappa shape index (κ2) is 12.4. The number of rotatable bonds is 9. The molecule has 1 saturated heterocycles. The van der Waals surface area contributed by atoms with Crippen molar-refractivity contribution in [1.29, 1.82) is 0 Å². The van der Waals surface area contributed by atoms with Crippen molar-refractivity contribution in [3.8, 4) is 17.6 Å². The molecule has 0 spiro atoms. The van der Waals surface area contributed by atoms with Crippen LogP contribution in [-0.4, -0.2) is 53.0 Å². The number of thiophene rings is 1. The van der Waals surface area contributed by atoms with Gasteiger partial charge in [-0.2, -0.15) is 0 Å². The predicted molar refractivity (Wildman–Crippen MR) is 141 cm³/mol. The van der Waals surface area contributed by atoms with Crippen molar-refractivity contribution in [2.75, 3.05) is 26.2 Å². The lowest BCUT2D eigenvalue weighted by Gasteiger charge is -2.34. The van der Waals surface area contributed by atoms with E-state index in [4.69, 9.17) is 9.84 Å². The number of ether oxygens (including phenoxy) is 1. The zero-order valence-electron chi connectivity index (χ0n) is 20.4. The summed E-state index contributed by atoms with van der Waals surface area (Å²) in [6.45, 7) is 6.19. The molecule has 1 aliphatic heterocycles. The Morgan fingerprint density at radius 1 is 1.00 bits per heavy atom. The van der Waals surface area contributed by atoms with E-state index in [1.54, 1.807) is 6.92 Å². The first-order valence-corrected chi connectivity index (χ1v) is 12.8. The molecule has 1 aliphatic rings. The van der Waals surface area contributed by atoms with E-state index >= 15 is 0 Å². The van der Waals surface area contributed by atoms with Crippen LogP contribution >= 0.6 is 11.3 Å². The van der Waals surface area contributed by atoms with Gasteiger partial charge in [-0.3, -0.25) is 14.5 Å². The standard InChI is InChI=1S/C29H30N2O4S/c1-2-6-24(19-28(32)33)23-9-11-25(12-10-23)35-21-26-13-14-27(36-26)29(34)31-17-15-30(16-18-31)20-22-7-4-3-5-8-22/h3-5,7-14,24H,15-21H2,1H3,(H,32,33). The largest absolute Gasteiger partial charge is 0.488 e. The van der Waals surface area contributed by atoms with Crippen LogP contribution in [0.1, 0.15) is 44.9 Å². The Morgan fingerprint density at radius 3 is 2.39 bits per heavy atom. The minimum Gasteiger partial charge on any atom is -0.488 e. The highest BCUT2D eigenvalue weighted by Gasteiger charge is 2.23. The lowest BCUT2D eigenvalue weighted by atomic mass is 9.96. The second-order valence-corrected chi connectivity index (χ2v) is 9.89. The number of piperazine rings is 1. The number of amides is 1. The first-order valence-electron chi connectivity index (χ1n) is 12.0. The minimum atomic E-state index is -0.875. The van der Waals surface area contributed by atoms with Gasteiger partial charge in [-0.1, -0.05) is 48.4 Å². The van der Waals surface area contributed by atoms with Crippen molar-refractivity contribution < 1.29 is 19.4 Å². The molecular weight excluding hydrogens is 472 g/mol. The minimum absolute atomic E-state index is 0.0326. The molecule has 1 N–H and O–H groups in total. The first-order chi connectivity index (χ1) is 17.5. The molecular formula is C29H30N2O4S. The average Bonchev–Trinajstić information content (AvgIpc) is 3.37. The van der Waals surface area contributed by atoms with Gasteiger partial charge in [0.25, 0.3) is 5.91 Å². The van der Waals surface area contributed by atoms with E-state index in [9.17, 15) is 9.59 Å². The number of carboxylic acid groups (broad SMARTS) is 1. The van der Waals surface area contributed by atoms with Gasteiger partial charge in [0.05, 0.1) is 17.2 Å². The van der Waals surface area contributed by atoms with Crippen molar-refractivity contribution in [1.82, 2.24) is 9.80 Å². The molecule has 1 amide bonds. The summed E-state index contributed by atoms with van der Waals surface area (Å²) in [5.74, 6) is 5.31. The molecule has 3 aromatic rings. The monoisotopic (exact) mass is 502 g/mol. The maximum Gasteiger partial charge on any atom is 0.304 e. The van der Waals surface area contributed by atoms with E-state index in [-0.39, 0.29) is 18.2 Å². The normalized spacial score (nSPS) is 14.5. The topological polar surface area (TPSA) is 70.1 Å². The summed E-state index contributed by atoms with van der Waals surface area (Å²) in [4.78, 5) is 30.1. The van der Waals surface area contributed by atoms with Gasteiger partial charge < -0.3 is 14.7 Å². The zero-order valence-corrected chi connectivity index (χ0v) is 21.2. The van der Waals surface area contributed by atoms with E-state index in [0.29, 0.717) is 12.4 Å². The van der Waals surface area contributed by atoms with Crippen LogP contribution in [0.25, 0.3) is 0 Å². The highest BCUT2D eigenvalue weighted by Crippen LogP contribution is 2.25. The number of carboxylic acids is 1. The average molecular weight is 503 g/mol. The molecule has 1 aromatic heterocycles. The third-order valence-corrected chi connectivity index (χ3v) is 7.19. The molecule has 1 unspecified atom stereocenters. The summed E-state index contributed by atoms with van der Waals surface area (Å²) in [7, 11) is 0. The summed E-state index contributed by atoms with van der Waals surface area (Å²) in [5.41, 5.74) is 2.15. The fraction of sp³-hybridized carbons (Fsp3) is 0.310. The van der Waals surface area contributed by atoms with Crippen LogP contribution < -0.4 is 4.74 Å². The maximum atomic E-state index is 13.0. The lowest BCUT2D eigenvalue weighted by molar-refractivity contribution is -0.137. The summed E-state index contributed by atoms with van der Waals surface area (Å²) >= 11 is 1.47. The van der Waals surface area contributed by atoms with Crippen LogP contribution in [0.3, 0.4) is 0 Å². The molecule has 0 radical (unpaired) electrons. The molecule has 2 aromatic carbocycles. The van der Waals surface area contributed by atoms with Crippen LogP contribution in [0.15, 0.2) is 66.7 Å². The second-order valence-electron chi connectivity index (χ2n) is 8.72. The van der Waals surface area contributed by atoms with E-state index in [0.717, 1.165) is 48.0 Å². The van der Waals surface area contributed by atoms with Gasteiger partial charge in [0.15, 0.2) is 0 Å². The smallest absolute Gasteiger partial charge is 0.304 e. The van der Waals surface area contributed by atoms with Gasteiger partial charge in [0.1, 0.15) is 12.4 Å². The quantitative estimate of drug-likeness (QED) is 0.423. The number of aliphatic carboxylic acids is 1. The summed E-state index contributed by atoms with van der Waals surface area (Å²) in [6.07, 6.45) is -0.0326. The van der Waals surface area contributed by atoms with Crippen LogP contribution in [0.4, 0.5) is 0 Å². The van der Waals surface area contributed by atoms with E-state index in [1.165, 1.54) is 16.9 Å². The predicted octanol–water partition coefficient (Wildman–Crippen LogP) is 4.87. The SMILES string of the molecule is CC#CC(CC(=O)O)c1ccc(OCc2ccc(C(=O)N3CCN(Cc4ccccc4)CC3)s2)cc1. The molecule has 7 heteroatoms. The Labute approximate surface area is 216 Å². The molecule has 0 bridgehead atoms. The third kappa shape index (κ3) is 6.97. The van der Waals surface area contributed by atoms with Crippen molar-refractivity contribution in [3.05, 3.63) is 87.6 Å². The highest BCUT2D eigenvalue weighted by atomic mass is 32.1. The van der Waals surface area contributed by atoms with Gasteiger partial charge in [0, 0.05) is 37.6 Å². The fourth-order valence-corrected chi connectivity index (χ4v) is 5.12. The lowest BCUT2D eigenvalue weighted by Crippen LogP contribution is -2.48. The first kappa shape index (κ1) is 25.5. The van der Waals surface area contributed by atoms with Crippen molar-refractivity contribution >= 4 is 23.2 Å². The Balaban J connectivity index is 1.26. The van der Waals surface area contributed by atoms with Crippen LogP contribution in [0.2, 0.25) is 0 Å². The molecule has 6 nitrogen and oxygen atoms in total. The number of nitrogens with zero attached hydrogens (tertiary/aromatic N) is 2. The summed E-state index contributed by atoms with van der Waals surface area (Å²) in [6, 6.07) is 21.6. The number of carbonyl (C=O) groups is 2. The number of benzene rings is 2. The summed E-state index contributed by atoms with van der Waals surface area (Å²) in [5, 5.41) is 9.11. The fourth-order valence-electron chi connectivity index (χ4n) is 4.23. The Morgan fingerprint density at radius 2 is 1.72 bits per heavy atom. The van der Waals surface area contributed by atoms with Gasteiger partial charge in [-0.05, 0) is 42.3 Å². The van der Waals surface area contributed by atoms with Crippen molar-refractivity contribution in [3.63, 3.8) is 0 Å². The molecule has 36 heavy (non-hydrogen) atoms. The van der Waals surface area contributed by atoms with E-state index in [1.807, 2.05) is 47.4 Å². The number of hydrogen-bond acceptors (Lipinski definition) is 5. The molecule has 0 aliphatic carbocycles. The highest BCUT2D eigenvalue weighted by molar-refractivity contribution is 7.14. The maximum absolute atomic E-state index is 13.0. The Bertz CT molecular complexity index is 1220. The third-order valence-electron chi connectivity index (χ3n) is 6.14. The molecule has 0 saturated carbocycles. The van der Waals surface area contributed by atoms with Crippen molar-refractivity contribution in [2.24, 2.45) is 0 Å². The summed E-state index contributed by atoms with van der Waals surface area (Å²) < 4.78 is 5.90. The van der Waals surface area contributed by atoms with Gasteiger partial charge >= 0.3 is 5.97 Å². The van der Waals surface area contributed by atoms with Crippen LogP contribution in [0, 0.1) is 11.8 Å². The van der Waals surface area contributed by atoms with E-state index in [2.05, 4.69) is 41.0 Å². The van der Waals surface area contributed by atoms with Gasteiger partial charge in [-0.25, -0.2) is 0 Å². The van der Waals surface area contributed by atoms with Gasteiger partial charge in [0.2, 0.25) is 0 Å². The molecule has 1 fully saturated rings. The molecule has 2 heterocycles. The zero-order chi connectivity index (χ0) is 25.3. The number of carbonyl (C=O) groups excluding carboxylic acids is 1. The molecule has 186 valence electrons. The van der Waals surface area contributed by atoms with E-state index < -0.39 is 5.97 Å². The number of hydrogen-bond donors (Lipinski definition) is 1. The van der Waals surface area contributed by atoms with Crippen LogP contribution in [0.5, 0.6) is 5.75 Å². The van der Waals surface area contributed by atoms with Gasteiger partial charge in [-0.15, -0.1) is 17.3 Å². The van der Waals surface area contributed by atoms with Crippen LogP contribution in [-0.2, 0) is 17.9 Å². The Hall–Kier alpha value is -3.60. The molecule has 4 rings (SSSR count).